The van der Waals surface area contributed by atoms with Crippen molar-refractivity contribution in [2.45, 2.75) is 19.3 Å². The van der Waals surface area contributed by atoms with Gasteiger partial charge in [-0.15, -0.1) is 0 Å². The molecule has 0 saturated carbocycles. The fraction of sp³-hybridized carbons (Fsp3) is 0.500. The van der Waals surface area contributed by atoms with E-state index >= 15 is 0 Å². The van der Waals surface area contributed by atoms with Gasteiger partial charge in [-0.25, -0.2) is 0 Å². The van der Waals surface area contributed by atoms with E-state index < -0.39 is 5.91 Å². The van der Waals surface area contributed by atoms with E-state index in [-0.39, 0.29) is 5.71 Å². The molecule has 0 radical (unpaired) electrons. The van der Waals surface area contributed by atoms with Gasteiger partial charge < -0.3 is 15.4 Å². The maximum atomic E-state index is 12.0. The summed E-state index contributed by atoms with van der Waals surface area (Å²) in [6.07, 6.45) is 5.31. The van der Waals surface area contributed by atoms with Crippen LogP contribution >= 0.6 is 0 Å². The maximum Gasteiger partial charge on any atom is 0.275 e. The van der Waals surface area contributed by atoms with E-state index in [9.17, 15) is 4.79 Å². The molecule has 2 rings (SSSR count). The van der Waals surface area contributed by atoms with Crippen LogP contribution in [0, 0.1) is 0 Å². The highest BCUT2D eigenvalue weighted by atomic mass is 16.4. The SMILES string of the molecule is O=C(NCCN1CCCCC1)/C(=N\O)c1ccccn1. The fourth-order valence-electron chi connectivity index (χ4n) is 2.31. The lowest BCUT2D eigenvalue weighted by Crippen LogP contribution is -2.40. The number of pyridine rings is 1. The molecule has 0 aromatic carbocycles. The molecule has 0 atom stereocenters. The van der Waals surface area contributed by atoms with Crippen LogP contribution in [0.15, 0.2) is 29.6 Å². The molecule has 1 saturated heterocycles. The van der Waals surface area contributed by atoms with Crippen LogP contribution < -0.4 is 5.32 Å². The predicted molar refractivity (Wildman–Crippen MR) is 75.9 cm³/mol. The highest BCUT2D eigenvalue weighted by molar-refractivity contribution is 6.44. The molecule has 1 aliphatic rings. The van der Waals surface area contributed by atoms with Gasteiger partial charge in [0.05, 0.1) is 5.69 Å². The van der Waals surface area contributed by atoms with Crippen molar-refractivity contribution >= 4 is 11.6 Å². The molecule has 2 heterocycles. The number of nitrogens with zero attached hydrogens (tertiary/aromatic N) is 3. The first-order valence-corrected chi connectivity index (χ1v) is 6.95. The summed E-state index contributed by atoms with van der Waals surface area (Å²) in [6, 6.07) is 5.13. The Bertz CT molecular complexity index is 456. The number of amides is 1. The number of rotatable bonds is 5. The number of oxime groups is 1. The molecule has 1 aromatic rings. The van der Waals surface area contributed by atoms with Gasteiger partial charge in [0, 0.05) is 19.3 Å². The average Bonchev–Trinajstić information content (AvgIpc) is 2.50. The van der Waals surface area contributed by atoms with Gasteiger partial charge in [0.1, 0.15) is 0 Å². The molecule has 0 spiro atoms. The fourth-order valence-corrected chi connectivity index (χ4v) is 2.31. The third-order valence-corrected chi connectivity index (χ3v) is 3.38. The molecular formula is C14H20N4O2. The molecule has 0 unspecified atom stereocenters. The summed E-state index contributed by atoms with van der Waals surface area (Å²) < 4.78 is 0. The summed E-state index contributed by atoms with van der Waals surface area (Å²) >= 11 is 0. The molecule has 1 fully saturated rings. The van der Waals surface area contributed by atoms with Gasteiger partial charge in [0.15, 0.2) is 5.71 Å². The number of piperidine rings is 1. The Labute approximate surface area is 118 Å². The number of carbonyl (C=O) groups is 1. The molecule has 1 amide bonds. The lowest BCUT2D eigenvalue weighted by molar-refractivity contribution is -0.114. The van der Waals surface area contributed by atoms with Gasteiger partial charge in [-0.3, -0.25) is 9.78 Å². The van der Waals surface area contributed by atoms with Gasteiger partial charge in [-0.2, -0.15) is 0 Å². The van der Waals surface area contributed by atoms with Crippen molar-refractivity contribution in [2.24, 2.45) is 5.16 Å². The van der Waals surface area contributed by atoms with Crippen LogP contribution in [-0.2, 0) is 4.79 Å². The van der Waals surface area contributed by atoms with Crippen molar-refractivity contribution in [1.82, 2.24) is 15.2 Å². The topological polar surface area (TPSA) is 77.8 Å². The van der Waals surface area contributed by atoms with Gasteiger partial charge in [-0.05, 0) is 38.1 Å². The minimum absolute atomic E-state index is 0.0516. The number of carbonyl (C=O) groups excluding carboxylic acids is 1. The van der Waals surface area contributed by atoms with Crippen LogP contribution in [0.1, 0.15) is 25.0 Å². The summed E-state index contributed by atoms with van der Waals surface area (Å²) in [5.74, 6) is -0.400. The summed E-state index contributed by atoms with van der Waals surface area (Å²) in [5.41, 5.74) is 0.315. The van der Waals surface area contributed by atoms with Crippen molar-refractivity contribution in [3.63, 3.8) is 0 Å². The Morgan fingerprint density at radius 2 is 2.15 bits per heavy atom. The molecule has 1 aliphatic heterocycles. The van der Waals surface area contributed by atoms with Crippen molar-refractivity contribution < 1.29 is 10.0 Å². The van der Waals surface area contributed by atoms with E-state index in [2.05, 4.69) is 20.4 Å². The predicted octanol–water partition coefficient (Wildman–Crippen LogP) is 0.862. The third kappa shape index (κ3) is 4.03. The Morgan fingerprint density at radius 1 is 1.35 bits per heavy atom. The summed E-state index contributed by atoms with van der Waals surface area (Å²) in [7, 11) is 0. The van der Waals surface area contributed by atoms with Crippen LogP contribution in [0.25, 0.3) is 0 Å². The van der Waals surface area contributed by atoms with E-state index in [1.807, 2.05) is 0 Å². The first-order valence-electron chi connectivity index (χ1n) is 6.95. The second-order valence-electron chi connectivity index (χ2n) is 4.82. The van der Waals surface area contributed by atoms with E-state index in [0.717, 1.165) is 19.6 Å². The molecule has 0 aliphatic carbocycles. The molecule has 20 heavy (non-hydrogen) atoms. The zero-order valence-corrected chi connectivity index (χ0v) is 11.5. The Balaban J connectivity index is 1.81. The number of aromatic nitrogens is 1. The van der Waals surface area contributed by atoms with Gasteiger partial charge in [0.25, 0.3) is 5.91 Å². The highest BCUT2D eigenvalue weighted by Gasteiger charge is 2.16. The minimum atomic E-state index is -0.400. The van der Waals surface area contributed by atoms with Crippen molar-refractivity contribution in [3.05, 3.63) is 30.1 Å². The van der Waals surface area contributed by atoms with Crippen LogP contribution in [0.5, 0.6) is 0 Å². The van der Waals surface area contributed by atoms with Gasteiger partial charge >= 0.3 is 0 Å². The van der Waals surface area contributed by atoms with Crippen LogP contribution in [-0.4, -0.2) is 52.9 Å². The van der Waals surface area contributed by atoms with Gasteiger partial charge in [0.2, 0.25) is 0 Å². The van der Waals surface area contributed by atoms with E-state index in [1.165, 1.54) is 19.3 Å². The lowest BCUT2D eigenvalue weighted by Gasteiger charge is -2.26. The number of hydrogen-bond acceptors (Lipinski definition) is 5. The standard InChI is InChI=1S/C14H20N4O2/c19-14(13(17-20)12-6-2-3-7-15-12)16-8-11-18-9-4-1-5-10-18/h2-3,6-7,20H,1,4-5,8-11H2,(H,16,19)/b17-13-. The molecular weight excluding hydrogens is 256 g/mol. The van der Waals surface area contributed by atoms with E-state index in [0.29, 0.717) is 12.2 Å². The second-order valence-corrected chi connectivity index (χ2v) is 4.82. The first kappa shape index (κ1) is 14.5. The van der Waals surface area contributed by atoms with Crippen molar-refractivity contribution in [2.75, 3.05) is 26.2 Å². The summed E-state index contributed by atoms with van der Waals surface area (Å²) in [6.45, 7) is 3.56. The Kier molecular flexibility index (Phi) is 5.49. The normalized spacial score (nSPS) is 16.9. The average molecular weight is 276 g/mol. The molecule has 6 nitrogen and oxygen atoms in total. The zero-order chi connectivity index (χ0) is 14.2. The smallest absolute Gasteiger partial charge is 0.275 e. The second kappa shape index (κ2) is 7.59. The van der Waals surface area contributed by atoms with E-state index in [1.54, 1.807) is 24.4 Å². The van der Waals surface area contributed by atoms with Gasteiger partial charge in [-0.1, -0.05) is 17.6 Å². The van der Waals surface area contributed by atoms with Crippen LogP contribution in [0.2, 0.25) is 0 Å². The summed E-state index contributed by atoms with van der Waals surface area (Å²) in [5, 5.41) is 14.8. The van der Waals surface area contributed by atoms with Crippen LogP contribution in [0.3, 0.4) is 0 Å². The molecule has 2 N–H and O–H groups in total. The Hall–Kier alpha value is -1.95. The van der Waals surface area contributed by atoms with E-state index in [4.69, 9.17) is 5.21 Å². The maximum absolute atomic E-state index is 12.0. The Morgan fingerprint density at radius 3 is 2.80 bits per heavy atom. The largest absolute Gasteiger partial charge is 0.410 e. The molecule has 1 aromatic heterocycles. The zero-order valence-electron chi connectivity index (χ0n) is 11.5. The molecule has 108 valence electrons. The highest BCUT2D eigenvalue weighted by Crippen LogP contribution is 2.07. The van der Waals surface area contributed by atoms with Crippen molar-refractivity contribution in [1.29, 1.82) is 0 Å². The summed E-state index contributed by atoms with van der Waals surface area (Å²) in [4.78, 5) is 18.3. The minimum Gasteiger partial charge on any atom is -0.410 e. The number of likely N-dealkylation sites (tertiary alicyclic amines) is 1. The number of hydrogen-bond donors (Lipinski definition) is 2. The first-order chi connectivity index (χ1) is 9.81. The van der Waals surface area contributed by atoms with Crippen LogP contribution in [0.4, 0.5) is 0 Å². The number of nitrogens with one attached hydrogen (secondary N) is 1. The third-order valence-electron chi connectivity index (χ3n) is 3.38. The quantitative estimate of drug-likeness (QED) is 0.475. The lowest BCUT2D eigenvalue weighted by atomic mass is 10.1. The monoisotopic (exact) mass is 276 g/mol. The van der Waals surface area contributed by atoms with Crippen molar-refractivity contribution in [3.8, 4) is 0 Å². The molecule has 0 bridgehead atoms. The molecule has 6 heteroatoms.